The van der Waals surface area contributed by atoms with Gasteiger partial charge in [-0.05, 0) is 30.5 Å². The lowest BCUT2D eigenvalue weighted by atomic mass is 10.0. The number of allylic oxidation sites excluding steroid dienone is 1. The predicted molar refractivity (Wildman–Crippen MR) is 49.7 cm³/mol. The molecule has 0 amide bonds. The van der Waals surface area contributed by atoms with Crippen molar-refractivity contribution in [3.8, 4) is 0 Å². The van der Waals surface area contributed by atoms with Gasteiger partial charge in [0.15, 0.2) is 0 Å². The molecule has 0 aliphatic heterocycles. The summed E-state index contributed by atoms with van der Waals surface area (Å²) in [4.78, 5) is 0. The molecule has 0 aliphatic carbocycles. The average molecular weight is 154 g/mol. The maximum atomic E-state index is 6.97. The minimum absolute atomic E-state index is 0.750. The lowest BCUT2D eigenvalue weighted by Gasteiger charge is -2.03. The second-order valence-electron chi connectivity index (χ2n) is 3.17. The van der Waals surface area contributed by atoms with Crippen molar-refractivity contribution in [3.63, 3.8) is 0 Å². The summed E-state index contributed by atoms with van der Waals surface area (Å²) in [6.45, 7) is 4.41. The number of rotatable bonds is 5. The molecule has 2 heteroatoms. The van der Waals surface area contributed by atoms with Crippen LogP contribution < -0.4 is 5.73 Å². The van der Waals surface area contributed by atoms with Crippen LogP contribution in [0.5, 0.6) is 0 Å². The van der Waals surface area contributed by atoms with E-state index >= 15 is 0 Å². The van der Waals surface area contributed by atoms with Crippen molar-refractivity contribution in [2.24, 2.45) is 11.7 Å². The molecule has 0 saturated heterocycles. The summed E-state index contributed by atoms with van der Waals surface area (Å²) in [7, 11) is 0. The topological polar surface area (TPSA) is 49.9 Å². The standard InChI is InChI=1S/C9H18N2/c1-8(2)4-3-5-9(6-10)7-11/h6-8,10H,3-5,11H2,1-2H3/b9-7-,10-6?. The maximum Gasteiger partial charge on any atom is 0.0224 e. The van der Waals surface area contributed by atoms with E-state index in [-0.39, 0.29) is 0 Å². The zero-order chi connectivity index (χ0) is 8.69. The average Bonchev–Trinajstić information content (AvgIpc) is 1.98. The molecule has 0 aromatic heterocycles. The molecular weight excluding hydrogens is 136 g/mol. The van der Waals surface area contributed by atoms with E-state index in [1.165, 1.54) is 18.8 Å². The highest BCUT2D eigenvalue weighted by molar-refractivity contribution is 5.75. The van der Waals surface area contributed by atoms with E-state index in [1.54, 1.807) is 0 Å². The number of hydrogen-bond donors (Lipinski definition) is 2. The van der Waals surface area contributed by atoms with Crippen molar-refractivity contribution < 1.29 is 0 Å². The van der Waals surface area contributed by atoms with Crippen LogP contribution in [0.15, 0.2) is 11.8 Å². The summed E-state index contributed by atoms with van der Waals surface area (Å²) < 4.78 is 0. The van der Waals surface area contributed by atoms with Gasteiger partial charge in [0.2, 0.25) is 0 Å². The fraction of sp³-hybridized carbons (Fsp3) is 0.667. The highest BCUT2D eigenvalue weighted by Gasteiger charge is 1.95. The Morgan fingerprint density at radius 3 is 2.55 bits per heavy atom. The lowest BCUT2D eigenvalue weighted by Crippen LogP contribution is -1.93. The van der Waals surface area contributed by atoms with Gasteiger partial charge >= 0.3 is 0 Å². The van der Waals surface area contributed by atoms with Crippen molar-refractivity contribution in [1.29, 1.82) is 5.41 Å². The van der Waals surface area contributed by atoms with Gasteiger partial charge in [-0.1, -0.05) is 20.3 Å². The summed E-state index contributed by atoms with van der Waals surface area (Å²) in [5.74, 6) is 0.750. The Labute approximate surface area is 69.0 Å². The third-order valence-electron chi connectivity index (χ3n) is 1.65. The van der Waals surface area contributed by atoms with Crippen LogP contribution in [0.1, 0.15) is 33.1 Å². The summed E-state index contributed by atoms with van der Waals surface area (Å²) >= 11 is 0. The third kappa shape index (κ3) is 5.64. The van der Waals surface area contributed by atoms with Gasteiger partial charge in [-0.15, -0.1) is 0 Å². The second kappa shape index (κ2) is 5.96. The van der Waals surface area contributed by atoms with Crippen molar-refractivity contribution in [3.05, 3.63) is 11.8 Å². The molecule has 0 aliphatic rings. The first-order valence-electron chi connectivity index (χ1n) is 4.12. The molecule has 0 saturated carbocycles. The molecule has 0 bridgehead atoms. The van der Waals surface area contributed by atoms with E-state index in [2.05, 4.69) is 13.8 Å². The molecule has 0 heterocycles. The number of nitrogens with one attached hydrogen (secondary N) is 1. The Morgan fingerprint density at radius 1 is 1.55 bits per heavy atom. The fourth-order valence-electron chi connectivity index (χ4n) is 0.918. The SMILES string of the molecule is CC(C)CCC/C(C=N)=C/N. The quantitative estimate of drug-likeness (QED) is 0.586. The van der Waals surface area contributed by atoms with Gasteiger partial charge in [0.1, 0.15) is 0 Å². The largest absolute Gasteiger partial charge is 0.404 e. The van der Waals surface area contributed by atoms with Crippen LogP contribution in [-0.4, -0.2) is 6.21 Å². The molecule has 0 rings (SSSR count). The van der Waals surface area contributed by atoms with Gasteiger partial charge in [-0.25, -0.2) is 0 Å². The number of hydrogen-bond acceptors (Lipinski definition) is 2. The smallest absolute Gasteiger partial charge is 0.0224 e. The van der Waals surface area contributed by atoms with Crippen molar-refractivity contribution >= 4 is 6.21 Å². The van der Waals surface area contributed by atoms with Crippen molar-refractivity contribution in [2.75, 3.05) is 0 Å². The third-order valence-corrected chi connectivity index (χ3v) is 1.65. The molecule has 0 fully saturated rings. The normalized spacial score (nSPS) is 12.1. The Kier molecular flexibility index (Phi) is 5.53. The van der Waals surface area contributed by atoms with Crippen LogP contribution in [-0.2, 0) is 0 Å². The molecule has 3 N–H and O–H groups in total. The van der Waals surface area contributed by atoms with E-state index in [0.717, 1.165) is 24.3 Å². The molecule has 11 heavy (non-hydrogen) atoms. The first-order chi connectivity index (χ1) is 5.20. The molecule has 0 atom stereocenters. The highest BCUT2D eigenvalue weighted by Crippen LogP contribution is 2.09. The molecule has 0 spiro atoms. The first kappa shape index (κ1) is 10.2. The first-order valence-corrected chi connectivity index (χ1v) is 4.12. The minimum atomic E-state index is 0.750. The second-order valence-corrected chi connectivity index (χ2v) is 3.17. The van der Waals surface area contributed by atoms with Gasteiger partial charge in [0.05, 0.1) is 0 Å². The summed E-state index contributed by atoms with van der Waals surface area (Å²) in [5, 5.41) is 6.97. The molecule has 2 nitrogen and oxygen atoms in total. The van der Waals surface area contributed by atoms with Gasteiger partial charge in [0, 0.05) is 6.21 Å². The van der Waals surface area contributed by atoms with Crippen LogP contribution in [0.25, 0.3) is 0 Å². The Morgan fingerprint density at radius 2 is 2.18 bits per heavy atom. The Balaban J connectivity index is 3.45. The van der Waals surface area contributed by atoms with E-state index in [0.29, 0.717) is 0 Å². The van der Waals surface area contributed by atoms with Crippen molar-refractivity contribution in [2.45, 2.75) is 33.1 Å². The van der Waals surface area contributed by atoms with E-state index in [9.17, 15) is 0 Å². The van der Waals surface area contributed by atoms with E-state index in [1.807, 2.05) is 0 Å². The molecular formula is C9H18N2. The van der Waals surface area contributed by atoms with Gasteiger partial charge < -0.3 is 11.1 Å². The zero-order valence-electron chi connectivity index (χ0n) is 7.43. The summed E-state index contributed by atoms with van der Waals surface area (Å²) in [5.41, 5.74) is 6.22. The molecule has 0 aromatic rings. The zero-order valence-corrected chi connectivity index (χ0v) is 7.43. The Hall–Kier alpha value is -0.790. The summed E-state index contributed by atoms with van der Waals surface area (Å²) in [6, 6.07) is 0. The van der Waals surface area contributed by atoms with Crippen LogP contribution in [0.3, 0.4) is 0 Å². The van der Waals surface area contributed by atoms with Gasteiger partial charge in [-0.3, -0.25) is 0 Å². The van der Waals surface area contributed by atoms with Crippen LogP contribution >= 0.6 is 0 Å². The predicted octanol–water partition coefficient (Wildman–Crippen LogP) is 2.30. The van der Waals surface area contributed by atoms with Gasteiger partial charge in [-0.2, -0.15) is 0 Å². The summed E-state index contributed by atoms with van der Waals surface area (Å²) in [6.07, 6.45) is 6.15. The van der Waals surface area contributed by atoms with E-state index < -0.39 is 0 Å². The number of nitrogens with two attached hydrogens (primary N) is 1. The lowest BCUT2D eigenvalue weighted by molar-refractivity contribution is 0.557. The van der Waals surface area contributed by atoms with Gasteiger partial charge in [0.25, 0.3) is 0 Å². The van der Waals surface area contributed by atoms with Crippen molar-refractivity contribution in [1.82, 2.24) is 0 Å². The minimum Gasteiger partial charge on any atom is -0.404 e. The van der Waals surface area contributed by atoms with Crippen LogP contribution in [0.2, 0.25) is 0 Å². The monoisotopic (exact) mass is 154 g/mol. The van der Waals surface area contributed by atoms with Crippen LogP contribution in [0, 0.1) is 11.3 Å². The molecule has 0 aromatic carbocycles. The fourth-order valence-corrected chi connectivity index (χ4v) is 0.918. The highest BCUT2D eigenvalue weighted by atomic mass is 14.5. The Bertz CT molecular complexity index is 136. The van der Waals surface area contributed by atoms with Crippen LogP contribution in [0.4, 0.5) is 0 Å². The molecule has 0 unspecified atom stereocenters. The van der Waals surface area contributed by atoms with E-state index in [4.69, 9.17) is 11.1 Å². The molecule has 64 valence electrons. The molecule has 0 radical (unpaired) electrons. The maximum absolute atomic E-state index is 6.97.